The predicted molar refractivity (Wildman–Crippen MR) is 51.8 cm³/mol. The first kappa shape index (κ1) is 11.0. The molecule has 0 aromatic heterocycles. The van der Waals surface area contributed by atoms with Crippen LogP contribution in [0.2, 0.25) is 0 Å². The maximum absolute atomic E-state index is 10.2. The number of hydrogen-bond acceptors (Lipinski definition) is 4. The lowest BCUT2D eigenvalue weighted by Crippen LogP contribution is -2.05. The Hall–Kier alpha value is -1.07. The number of ether oxygens (including phenoxy) is 1. The Balaban J connectivity index is 2.63. The number of hydrogen-bond donors (Lipinski definition) is 0. The Labute approximate surface area is 85.3 Å². The van der Waals surface area contributed by atoms with E-state index in [2.05, 4.69) is 4.18 Å². The largest absolute Gasteiger partial charge is 0.740 e. The number of benzene rings is 1. The molecule has 0 saturated heterocycles. The van der Waals surface area contributed by atoms with Crippen LogP contribution in [0.5, 0.6) is 11.5 Å². The van der Waals surface area contributed by atoms with E-state index in [1.54, 1.807) is 12.1 Å². The van der Waals surface area contributed by atoms with Crippen molar-refractivity contribution in [3.63, 3.8) is 0 Å². The molecule has 0 bridgehead atoms. The van der Waals surface area contributed by atoms with E-state index in [1.165, 1.54) is 12.1 Å². The van der Waals surface area contributed by atoms with Crippen molar-refractivity contribution < 1.29 is 17.7 Å². The van der Waals surface area contributed by atoms with Gasteiger partial charge in [0.15, 0.2) is 0 Å². The molecule has 1 atom stereocenters. The first-order chi connectivity index (χ1) is 6.58. The van der Waals surface area contributed by atoms with Crippen LogP contribution >= 0.6 is 0 Å². The molecule has 0 aliphatic rings. The molecule has 1 rings (SSSR count). The monoisotopic (exact) mass is 215 g/mol. The molecule has 1 unspecified atom stereocenters. The Morgan fingerprint density at radius 1 is 1.21 bits per heavy atom. The lowest BCUT2D eigenvalue weighted by molar-refractivity contribution is 0.242. The summed E-state index contributed by atoms with van der Waals surface area (Å²) in [6.07, 6.45) is 0.0930. The normalized spacial score (nSPS) is 12.6. The Bertz CT molecular complexity index is 307. The predicted octanol–water partition coefficient (Wildman–Crippen LogP) is 1.65. The molecular formula is C9H11O4S-. The first-order valence-electron chi connectivity index (χ1n) is 4.12. The van der Waals surface area contributed by atoms with Gasteiger partial charge in [-0.2, -0.15) is 0 Å². The van der Waals surface area contributed by atoms with Crippen LogP contribution in [0.25, 0.3) is 0 Å². The highest BCUT2D eigenvalue weighted by atomic mass is 32.2. The molecule has 0 aliphatic heterocycles. The van der Waals surface area contributed by atoms with Gasteiger partial charge in [-0.1, -0.05) is 0 Å². The van der Waals surface area contributed by atoms with Gasteiger partial charge in [0.2, 0.25) is 0 Å². The lowest BCUT2D eigenvalue weighted by Gasteiger charge is -2.10. The van der Waals surface area contributed by atoms with Crippen molar-refractivity contribution in [1.29, 1.82) is 0 Å². The van der Waals surface area contributed by atoms with Gasteiger partial charge in [-0.15, -0.1) is 0 Å². The summed E-state index contributed by atoms with van der Waals surface area (Å²) in [4.78, 5) is 0. The minimum Gasteiger partial charge on any atom is -0.740 e. The van der Waals surface area contributed by atoms with E-state index >= 15 is 0 Å². The van der Waals surface area contributed by atoms with E-state index in [9.17, 15) is 8.76 Å². The van der Waals surface area contributed by atoms with E-state index < -0.39 is 11.4 Å². The summed E-state index contributed by atoms with van der Waals surface area (Å²) in [5.74, 6) is 0.957. The molecule has 0 heterocycles. The van der Waals surface area contributed by atoms with E-state index in [0.29, 0.717) is 5.75 Å². The summed E-state index contributed by atoms with van der Waals surface area (Å²) >= 11 is -2.52. The summed E-state index contributed by atoms with van der Waals surface area (Å²) in [5, 5.41) is 0. The van der Waals surface area contributed by atoms with Crippen LogP contribution in [-0.4, -0.2) is 14.9 Å². The molecule has 14 heavy (non-hydrogen) atoms. The second-order valence-corrected chi connectivity index (χ2v) is 3.50. The van der Waals surface area contributed by atoms with Gasteiger partial charge in [0.25, 0.3) is 0 Å². The molecule has 0 N–H and O–H groups in total. The molecule has 0 aliphatic carbocycles. The number of rotatable bonds is 4. The zero-order valence-electron chi connectivity index (χ0n) is 7.93. The summed E-state index contributed by atoms with van der Waals surface area (Å²) in [5.41, 5.74) is 0. The molecule has 4 nitrogen and oxygen atoms in total. The van der Waals surface area contributed by atoms with Crippen LogP contribution in [0.15, 0.2) is 24.3 Å². The molecule has 0 saturated carbocycles. The topological polar surface area (TPSA) is 58.6 Å². The van der Waals surface area contributed by atoms with Crippen molar-refractivity contribution in [2.45, 2.75) is 20.0 Å². The quantitative estimate of drug-likeness (QED) is 0.716. The average Bonchev–Trinajstić information content (AvgIpc) is 2.06. The third kappa shape index (κ3) is 3.76. The molecule has 0 radical (unpaired) electrons. The van der Waals surface area contributed by atoms with Crippen molar-refractivity contribution in [2.24, 2.45) is 0 Å². The molecule has 0 amide bonds. The van der Waals surface area contributed by atoms with Gasteiger partial charge >= 0.3 is 0 Å². The van der Waals surface area contributed by atoms with E-state index in [0.717, 1.165) is 0 Å². The standard InChI is InChI=1S/C9H12O4S/c1-7(2)12-8-3-5-9(6-4-8)13-14(10)11/h3-7H,1-2H3,(H,10,11)/p-1. The maximum Gasteiger partial charge on any atom is 0.139 e. The van der Waals surface area contributed by atoms with Crippen LogP contribution in [0.3, 0.4) is 0 Å². The van der Waals surface area contributed by atoms with E-state index in [4.69, 9.17) is 4.74 Å². The van der Waals surface area contributed by atoms with E-state index in [-0.39, 0.29) is 11.9 Å². The van der Waals surface area contributed by atoms with Crippen molar-refractivity contribution >= 4 is 11.4 Å². The van der Waals surface area contributed by atoms with Crippen LogP contribution in [0.1, 0.15) is 13.8 Å². The Morgan fingerprint density at radius 2 is 1.71 bits per heavy atom. The summed E-state index contributed by atoms with van der Waals surface area (Å²) in [7, 11) is 0. The average molecular weight is 215 g/mol. The molecule has 1 aromatic carbocycles. The fourth-order valence-corrected chi connectivity index (χ4v) is 1.19. The van der Waals surface area contributed by atoms with Gasteiger partial charge < -0.3 is 13.5 Å². The molecule has 78 valence electrons. The minimum atomic E-state index is -2.52. The third-order valence-electron chi connectivity index (χ3n) is 1.36. The maximum atomic E-state index is 10.2. The Kier molecular flexibility index (Phi) is 3.91. The van der Waals surface area contributed by atoms with Gasteiger partial charge in [0.05, 0.1) is 6.10 Å². The zero-order valence-corrected chi connectivity index (χ0v) is 8.74. The van der Waals surface area contributed by atoms with Gasteiger partial charge in [-0.05, 0) is 38.1 Å². The summed E-state index contributed by atoms with van der Waals surface area (Å²) < 4.78 is 30.2. The van der Waals surface area contributed by atoms with Gasteiger partial charge in [0, 0.05) is 0 Å². The van der Waals surface area contributed by atoms with Gasteiger partial charge in [0.1, 0.15) is 22.9 Å². The van der Waals surface area contributed by atoms with Crippen molar-refractivity contribution in [3.05, 3.63) is 24.3 Å². The summed E-state index contributed by atoms with van der Waals surface area (Å²) in [6, 6.07) is 6.38. The third-order valence-corrected chi connectivity index (χ3v) is 1.69. The van der Waals surface area contributed by atoms with Crippen LogP contribution in [0, 0.1) is 0 Å². The second-order valence-electron chi connectivity index (χ2n) is 2.93. The highest BCUT2D eigenvalue weighted by Crippen LogP contribution is 2.18. The molecule has 1 aromatic rings. The highest BCUT2D eigenvalue weighted by molar-refractivity contribution is 7.74. The van der Waals surface area contributed by atoms with Crippen molar-refractivity contribution in [2.75, 3.05) is 0 Å². The minimum absolute atomic E-state index is 0.0930. The second kappa shape index (κ2) is 4.97. The molecule has 0 fully saturated rings. The van der Waals surface area contributed by atoms with E-state index in [1.807, 2.05) is 13.8 Å². The Morgan fingerprint density at radius 3 is 2.14 bits per heavy atom. The fraction of sp³-hybridized carbons (Fsp3) is 0.333. The highest BCUT2D eigenvalue weighted by Gasteiger charge is 1.98. The fourth-order valence-electron chi connectivity index (χ4n) is 0.924. The zero-order chi connectivity index (χ0) is 10.6. The van der Waals surface area contributed by atoms with Crippen molar-refractivity contribution in [1.82, 2.24) is 0 Å². The SMILES string of the molecule is CC(C)Oc1ccc(OS(=O)[O-])cc1. The van der Waals surface area contributed by atoms with Crippen LogP contribution in [0.4, 0.5) is 0 Å². The van der Waals surface area contributed by atoms with Crippen molar-refractivity contribution in [3.8, 4) is 11.5 Å². The molecule has 5 heteroatoms. The molecular weight excluding hydrogens is 204 g/mol. The van der Waals surface area contributed by atoms with Gasteiger partial charge in [-0.25, -0.2) is 4.21 Å². The lowest BCUT2D eigenvalue weighted by atomic mass is 10.3. The smallest absolute Gasteiger partial charge is 0.139 e. The van der Waals surface area contributed by atoms with Crippen LogP contribution < -0.4 is 8.92 Å². The van der Waals surface area contributed by atoms with Crippen LogP contribution in [-0.2, 0) is 11.4 Å². The van der Waals surface area contributed by atoms with Gasteiger partial charge in [-0.3, -0.25) is 0 Å². The summed E-state index contributed by atoms with van der Waals surface area (Å²) in [6.45, 7) is 3.83. The first-order valence-corrected chi connectivity index (χ1v) is 5.12. The molecule has 0 spiro atoms.